The van der Waals surface area contributed by atoms with Crippen molar-refractivity contribution in [3.05, 3.63) is 34.5 Å². The third kappa shape index (κ3) is 3.32. The maximum absolute atomic E-state index is 13.9. The van der Waals surface area contributed by atoms with E-state index >= 15 is 0 Å². The molecule has 0 saturated carbocycles. The molecule has 0 aliphatic carbocycles. The van der Waals surface area contributed by atoms with Crippen molar-refractivity contribution in [2.24, 2.45) is 11.0 Å². The number of azide groups is 1. The number of nitrogens with zero attached hydrogens (tertiary/aromatic N) is 4. The molecule has 1 aromatic rings. The summed E-state index contributed by atoms with van der Waals surface area (Å²) in [5, 5.41) is 3.41. The van der Waals surface area contributed by atoms with Crippen LogP contribution >= 0.6 is 0 Å². The van der Waals surface area contributed by atoms with Crippen molar-refractivity contribution in [1.82, 2.24) is 0 Å². The van der Waals surface area contributed by atoms with E-state index in [2.05, 4.69) is 10.0 Å². The first-order valence-corrected chi connectivity index (χ1v) is 8.03. The molecule has 0 spiro atoms. The number of halogens is 1. The van der Waals surface area contributed by atoms with E-state index in [1.807, 2.05) is 0 Å². The molecule has 1 amide bonds. The Morgan fingerprint density at radius 2 is 2.24 bits per heavy atom. The number of hydrogen-bond donors (Lipinski definition) is 0. The van der Waals surface area contributed by atoms with E-state index in [0.717, 1.165) is 24.5 Å². The topological polar surface area (TPSA) is 103 Å². The quantitative estimate of drug-likeness (QED) is 0.367. The molecular weight excluding hydrogens is 299 g/mol. The first-order valence-electron chi connectivity index (χ1n) is 6.13. The van der Waals surface area contributed by atoms with E-state index in [1.54, 1.807) is 0 Å². The van der Waals surface area contributed by atoms with Crippen LogP contribution in [0.15, 0.2) is 28.2 Å². The van der Waals surface area contributed by atoms with Crippen LogP contribution in [-0.2, 0) is 14.6 Å². The molecule has 21 heavy (non-hydrogen) atoms. The fourth-order valence-electron chi connectivity index (χ4n) is 2.22. The van der Waals surface area contributed by atoms with E-state index in [-0.39, 0.29) is 41.9 Å². The Balaban J connectivity index is 2.33. The van der Waals surface area contributed by atoms with Gasteiger partial charge in [-0.3, -0.25) is 4.79 Å². The van der Waals surface area contributed by atoms with E-state index in [0.29, 0.717) is 0 Å². The van der Waals surface area contributed by atoms with Crippen LogP contribution in [0.5, 0.6) is 0 Å². The predicted molar refractivity (Wildman–Crippen MR) is 74.0 cm³/mol. The summed E-state index contributed by atoms with van der Waals surface area (Å²) in [6.45, 7) is 0.341. The Bertz CT molecular complexity index is 728. The molecule has 1 aliphatic heterocycles. The summed E-state index contributed by atoms with van der Waals surface area (Å²) >= 11 is 0. The molecule has 1 unspecified atom stereocenters. The predicted octanol–water partition coefficient (Wildman–Crippen LogP) is 1.89. The lowest BCUT2D eigenvalue weighted by Crippen LogP contribution is -2.26. The van der Waals surface area contributed by atoms with Gasteiger partial charge in [-0.2, -0.15) is 0 Å². The number of anilines is 1. The largest absolute Gasteiger partial charge is 0.309 e. The number of carbonyl (C=O) groups is 1. The highest BCUT2D eigenvalue weighted by Crippen LogP contribution is 2.29. The highest BCUT2D eigenvalue weighted by Gasteiger charge is 2.32. The summed E-state index contributed by atoms with van der Waals surface area (Å²) in [7, 11) is -3.49. The Hall–Kier alpha value is -2.12. The van der Waals surface area contributed by atoms with Gasteiger partial charge in [-0.05, 0) is 29.6 Å². The zero-order valence-corrected chi connectivity index (χ0v) is 12.0. The van der Waals surface area contributed by atoms with Crippen molar-refractivity contribution in [2.45, 2.75) is 11.3 Å². The molecule has 1 fully saturated rings. The van der Waals surface area contributed by atoms with Crippen molar-refractivity contribution in [1.29, 1.82) is 0 Å². The van der Waals surface area contributed by atoms with Gasteiger partial charge < -0.3 is 4.90 Å². The molecule has 9 heteroatoms. The Morgan fingerprint density at radius 3 is 2.86 bits per heavy atom. The minimum Gasteiger partial charge on any atom is -0.309 e. The second-order valence-corrected chi connectivity index (χ2v) is 6.89. The maximum Gasteiger partial charge on any atom is 0.227 e. The monoisotopic (exact) mass is 312 g/mol. The Labute approximate surface area is 120 Å². The Morgan fingerprint density at radius 1 is 1.52 bits per heavy atom. The molecule has 112 valence electrons. The van der Waals surface area contributed by atoms with Gasteiger partial charge in [0.05, 0.1) is 10.6 Å². The lowest BCUT2D eigenvalue weighted by molar-refractivity contribution is -0.117. The minimum absolute atomic E-state index is 0.0507. The van der Waals surface area contributed by atoms with Gasteiger partial charge in [0.15, 0.2) is 9.84 Å². The van der Waals surface area contributed by atoms with Crippen molar-refractivity contribution in [3.8, 4) is 0 Å². The normalized spacial score (nSPS) is 18.7. The van der Waals surface area contributed by atoms with Gasteiger partial charge in [0.25, 0.3) is 0 Å². The number of benzene rings is 1. The molecule has 1 atom stereocenters. The smallest absolute Gasteiger partial charge is 0.227 e. The van der Waals surface area contributed by atoms with Gasteiger partial charge in [0.2, 0.25) is 5.91 Å². The molecule has 0 bridgehead atoms. The lowest BCUT2D eigenvalue weighted by atomic mass is 10.1. The van der Waals surface area contributed by atoms with Gasteiger partial charge in [-0.15, -0.1) is 0 Å². The molecule has 1 heterocycles. The highest BCUT2D eigenvalue weighted by molar-refractivity contribution is 7.90. The van der Waals surface area contributed by atoms with E-state index in [1.165, 1.54) is 4.90 Å². The standard InChI is InChI=1S/C12H13FN4O3S/c1-21(19,20)9-2-3-10(13)11(5-9)17-7-8(4-12(17)18)6-15-16-14/h2-3,5,8H,4,6-7H2,1H3. The third-order valence-corrected chi connectivity index (χ3v) is 4.36. The van der Waals surface area contributed by atoms with Crippen LogP contribution in [-0.4, -0.2) is 33.7 Å². The summed E-state index contributed by atoms with van der Waals surface area (Å²) in [4.78, 5) is 15.7. The van der Waals surface area contributed by atoms with Crippen molar-refractivity contribution < 1.29 is 17.6 Å². The van der Waals surface area contributed by atoms with Crippen LogP contribution < -0.4 is 4.90 Å². The second-order valence-electron chi connectivity index (χ2n) is 4.87. The SMILES string of the molecule is CS(=O)(=O)c1ccc(F)c(N2CC(CN=[N+]=[N-])CC2=O)c1. The van der Waals surface area contributed by atoms with Crippen LogP contribution in [0, 0.1) is 11.7 Å². The second kappa shape index (κ2) is 5.71. The molecule has 0 N–H and O–H groups in total. The molecule has 1 aliphatic rings. The zero-order valence-electron chi connectivity index (χ0n) is 11.2. The molecule has 0 radical (unpaired) electrons. The average Bonchev–Trinajstić information content (AvgIpc) is 2.76. The number of hydrogen-bond acceptors (Lipinski definition) is 4. The number of carbonyl (C=O) groups excluding carboxylic acids is 1. The molecule has 1 aromatic carbocycles. The van der Waals surface area contributed by atoms with E-state index in [4.69, 9.17) is 5.53 Å². The van der Waals surface area contributed by atoms with Crippen LogP contribution in [0.3, 0.4) is 0 Å². The van der Waals surface area contributed by atoms with Crippen LogP contribution in [0.1, 0.15) is 6.42 Å². The molecular formula is C12H13FN4O3S. The van der Waals surface area contributed by atoms with E-state index < -0.39 is 15.7 Å². The van der Waals surface area contributed by atoms with Gasteiger partial charge in [0.1, 0.15) is 5.82 Å². The lowest BCUT2D eigenvalue weighted by Gasteiger charge is -2.18. The molecule has 7 nitrogen and oxygen atoms in total. The molecule has 0 aromatic heterocycles. The summed E-state index contributed by atoms with van der Waals surface area (Å²) in [5.74, 6) is -1.19. The third-order valence-electron chi connectivity index (χ3n) is 3.24. The van der Waals surface area contributed by atoms with E-state index in [9.17, 15) is 17.6 Å². The number of rotatable bonds is 4. The maximum atomic E-state index is 13.9. The zero-order chi connectivity index (χ0) is 15.6. The highest BCUT2D eigenvalue weighted by atomic mass is 32.2. The number of amides is 1. The fraction of sp³-hybridized carbons (Fsp3) is 0.417. The summed E-state index contributed by atoms with van der Waals surface area (Å²) in [6.07, 6.45) is 1.15. The van der Waals surface area contributed by atoms with Crippen LogP contribution in [0.25, 0.3) is 10.4 Å². The first kappa shape index (κ1) is 15.3. The first-order chi connectivity index (χ1) is 9.82. The minimum atomic E-state index is -3.49. The Kier molecular flexibility index (Phi) is 4.15. The number of sulfone groups is 1. The molecule has 2 rings (SSSR count). The van der Waals surface area contributed by atoms with Crippen LogP contribution in [0.2, 0.25) is 0 Å². The molecule has 1 saturated heterocycles. The summed E-state index contributed by atoms with van der Waals surface area (Å²) in [6, 6.07) is 3.34. The van der Waals surface area contributed by atoms with Crippen LogP contribution in [0.4, 0.5) is 10.1 Å². The van der Waals surface area contributed by atoms with Crippen molar-refractivity contribution in [2.75, 3.05) is 24.2 Å². The van der Waals surface area contributed by atoms with Crippen molar-refractivity contribution >= 4 is 21.4 Å². The average molecular weight is 312 g/mol. The van der Waals surface area contributed by atoms with Gasteiger partial charge in [-0.1, -0.05) is 5.11 Å². The van der Waals surface area contributed by atoms with Crippen molar-refractivity contribution in [3.63, 3.8) is 0 Å². The van der Waals surface area contributed by atoms with Gasteiger partial charge >= 0.3 is 0 Å². The van der Waals surface area contributed by atoms with Gasteiger partial charge in [-0.25, -0.2) is 12.8 Å². The summed E-state index contributed by atoms with van der Waals surface area (Å²) in [5.41, 5.74) is 8.22. The summed E-state index contributed by atoms with van der Waals surface area (Å²) < 4.78 is 36.9. The van der Waals surface area contributed by atoms with Gasteiger partial charge in [0, 0.05) is 30.7 Å². The fourth-order valence-corrected chi connectivity index (χ4v) is 2.86.